The van der Waals surface area contributed by atoms with Crippen molar-refractivity contribution in [3.05, 3.63) is 29.4 Å². The average Bonchev–Trinajstić information content (AvgIpc) is 2.84. The Morgan fingerprint density at radius 2 is 2.41 bits per heavy atom. The summed E-state index contributed by atoms with van der Waals surface area (Å²) in [7, 11) is 0. The molecule has 0 saturated heterocycles. The van der Waals surface area contributed by atoms with Crippen molar-refractivity contribution in [2.24, 2.45) is 5.73 Å². The minimum Gasteiger partial charge on any atom is -0.327 e. The Morgan fingerprint density at radius 3 is 3.12 bits per heavy atom. The Hall–Kier alpha value is -0.980. The molecule has 0 spiro atoms. The van der Waals surface area contributed by atoms with E-state index in [1.807, 2.05) is 6.07 Å². The van der Waals surface area contributed by atoms with Crippen LogP contribution in [0.1, 0.15) is 18.9 Å². The molecule has 4 nitrogen and oxygen atoms in total. The number of pyridine rings is 1. The molecule has 2 aromatic heterocycles. The van der Waals surface area contributed by atoms with Gasteiger partial charge in [-0.2, -0.15) is 0 Å². The number of nitrogens with zero attached hydrogens (tertiary/aromatic N) is 3. The van der Waals surface area contributed by atoms with Crippen LogP contribution in [-0.2, 0) is 6.42 Å². The largest absolute Gasteiger partial charge is 0.327 e. The number of aromatic nitrogens is 3. The van der Waals surface area contributed by atoms with E-state index in [0.717, 1.165) is 22.2 Å². The predicted molar refractivity (Wildman–Crippen MR) is 70.2 cm³/mol. The van der Waals surface area contributed by atoms with Gasteiger partial charge in [-0.1, -0.05) is 24.3 Å². The molecule has 0 amide bonds. The second-order valence-corrected chi connectivity index (χ2v) is 5.72. The van der Waals surface area contributed by atoms with Gasteiger partial charge in [-0.15, -0.1) is 10.2 Å². The summed E-state index contributed by atoms with van der Waals surface area (Å²) >= 11 is 3.07. The lowest BCUT2D eigenvalue weighted by atomic mass is 10.1. The van der Waals surface area contributed by atoms with Crippen molar-refractivity contribution in [3.8, 4) is 0 Å². The molecule has 1 atom stereocenters. The van der Waals surface area contributed by atoms with Gasteiger partial charge in [0, 0.05) is 12.2 Å². The topological polar surface area (TPSA) is 64.7 Å². The van der Waals surface area contributed by atoms with Crippen LogP contribution in [0.25, 0.3) is 0 Å². The van der Waals surface area contributed by atoms with E-state index in [1.165, 1.54) is 16.9 Å². The lowest BCUT2D eigenvalue weighted by Gasteiger charge is -2.10. The molecule has 0 aliphatic rings. The van der Waals surface area contributed by atoms with Gasteiger partial charge in [0.05, 0.1) is 0 Å². The molecule has 0 aliphatic heterocycles. The summed E-state index contributed by atoms with van der Waals surface area (Å²) < 4.78 is 0.912. The molecule has 0 aromatic carbocycles. The minimum absolute atomic E-state index is 0.188. The first-order chi connectivity index (χ1) is 8.29. The third kappa shape index (κ3) is 3.49. The molecule has 1 unspecified atom stereocenters. The third-order valence-corrected chi connectivity index (χ3v) is 4.22. The molecule has 90 valence electrons. The molecular formula is C11H14N4S2. The van der Waals surface area contributed by atoms with Gasteiger partial charge < -0.3 is 5.73 Å². The van der Waals surface area contributed by atoms with Crippen molar-refractivity contribution in [1.29, 1.82) is 0 Å². The molecule has 2 heterocycles. The molecule has 0 radical (unpaired) electrons. The van der Waals surface area contributed by atoms with E-state index in [1.54, 1.807) is 23.5 Å². The van der Waals surface area contributed by atoms with E-state index in [9.17, 15) is 0 Å². The molecule has 0 fully saturated rings. The Bertz CT molecular complexity index is 458. The van der Waals surface area contributed by atoms with Crippen molar-refractivity contribution in [2.75, 3.05) is 0 Å². The van der Waals surface area contributed by atoms with E-state index >= 15 is 0 Å². The molecule has 0 aliphatic carbocycles. The summed E-state index contributed by atoms with van der Waals surface area (Å²) in [6.45, 7) is 2.10. The highest BCUT2D eigenvalue weighted by molar-refractivity contribution is 8.01. The summed E-state index contributed by atoms with van der Waals surface area (Å²) in [4.78, 5) is 4.39. The highest BCUT2D eigenvalue weighted by Gasteiger charge is 2.10. The first-order valence-corrected chi connectivity index (χ1v) is 7.12. The van der Waals surface area contributed by atoms with E-state index in [4.69, 9.17) is 5.73 Å². The van der Waals surface area contributed by atoms with E-state index in [2.05, 4.69) is 28.2 Å². The van der Waals surface area contributed by atoms with Crippen molar-refractivity contribution in [1.82, 2.24) is 15.2 Å². The lowest BCUT2D eigenvalue weighted by molar-refractivity contribution is 0.637. The van der Waals surface area contributed by atoms with Crippen molar-refractivity contribution < 1.29 is 0 Å². The van der Waals surface area contributed by atoms with Crippen LogP contribution in [-0.4, -0.2) is 21.2 Å². The zero-order valence-electron chi connectivity index (χ0n) is 9.54. The van der Waals surface area contributed by atoms with E-state index < -0.39 is 0 Å². The highest BCUT2D eigenvalue weighted by atomic mass is 32.2. The van der Waals surface area contributed by atoms with Gasteiger partial charge in [0.15, 0.2) is 4.34 Å². The lowest BCUT2D eigenvalue weighted by Crippen LogP contribution is -2.21. The Kier molecular flexibility index (Phi) is 4.47. The predicted octanol–water partition coefficient (Wildman–Crippen LogP) is 2.36. The van der Waals surface area contributed by atoms with Gasteiger partial charge in [0.25, 0.3) is 0 Å². The van der Waals surface area contributed by atoms with Gasteiger partial charge in [0.2, 0.25) is 0 Å². The van der Waals surface area contributed by atoms with Gasteiger partial charge in [-0.25, -0.2) is 4.98 Å². The SMILES string of the molecule is CCC(N)Cc1cccnc1Sc1nncs1. The van der Waals surface area contributed by atoms with Crippen LogP contribution in [0.4, 0.5) is 0 Å². The molecule has 2 rings (SSSR count). The van der Waals surface area contributed by atoms with Gasteiger partial charge in [-0.05, 0) is 36.2 Å². The maximum atomic E-state index is 5.98. The van der Waals surface area contributed by atoms with Crippen LogP contribution >= 0.6 is 23.1 Å². The third-order valence-electron chi connectivity index (χ3n) is 2.38. The van der Waals surface area contributed by atoms with Crippen LogP contribution < -0.4 is 5.73 Å². The number of hydrogen-bond acceptors (Lipinski definition) is 6. The second-order valence-electron chi connectivity index (χ2n) is 3.65. The first-order valence-electron chi connectivity index (χ1n) is 5.43. The quantitative estimate of drug-likeness (QED) is 0.900. The fraction of sp³-hybridized carbons (Fsp3) is 0.364. The fourth-order valence-corrected chi connectivity index (χ4v) is 2.87. The monoisotopic (exact) mass is 266 g/mol. The van der Waals surface area contributed by atoms with Gasteiger partial charge in [0.1, 0.15) is 10.5 Å². The van der Waals surface area contributed by atoms with Crippen LogP contribution in [0, 0.1) is 0 Å². The Labute approximate surface area is 109 Å². The molecule has 2 N–H and O–H groups in total. The van der Waals surface area contributed by atoms with Crippen LogP contribution in [0.2, 0.25) is 0 Å². The minimum atomic E-state index is 0.188. The van der Waals surface area contributed by atoms with Crippen molar-refractivity contribution in [3.63, 3.8) is 0 Å². The molecule has 0 bridgehead atoms. The average molecular weight is 266 g/mol. The standard InChI is InChI=1S/C11H14N4S2/c1-2-9(12)6-8-4-3-5-13-10(8)17-11-15-14-7-16-11/h3-5,7,9H,2,6,12H2,1H3. The normalized spacial score (nSPS) is 12.6. The first kappa shape index (κ1) is 12.5. The second kappa shape index (κ2) is 6.09. The van der Waals surface area contributed by atoms with Crippen LogP contribution in [0.15, 0.2) is 33.2 Å². The molecule has 6 heteroatoms. The maximum absolute atomic E-state index is 5.98. The number of hydrogen-bond donors (Lipinski definition) is 1. The summed E-state index contributed by atoms with van der Waals surface area (Å²) in [5.41, 5.74) is 8.89. The molecule has 0 saturated carbocycles. The smallest absolute Gasteiger partial charge is 0.180 e. The van der Waals surface area contributed by atoms with Crippen LogP contribution in [0.3, 0.4) is 0 Å². The zero-order valence-corrected chi connectivity index (χ0v) is 11.2. The summed E-state index contributed by atoms with van der Waals surface area (Å²) in [5.74, 6) is 0. The Morgan fingerprint density at radius 1 is 1.53 bits per heavy atom. The zero-order chi connectivity index (χ0) is 12.1. The van der Waals surface area contributed by atoms with Gasteiger partial charge >= 0.3 is 0 Å². The Balaban J connectivity index is 2.15. The maximum Gasteiger partial charge on any atom is 0.180 e. The van der Waals surface area contributed by atoms with Crippen LogP contribution in [0.5, 0.6) is 0 Å². The van der Waals surface area contributed by atoms with Crippen molar-refractivity contribution in [2.45, 2.75) is 35.2 Å². The van der Waals surface area contributed by atoms with E-state index in [0.29, 0.717) is 0 Å². The number of rotatable bonds is 5. The summed E-state index contributed by atoms with van der Waals surface area (Å²) in [6, 6.07) is 4.21. The fourth-order valence-electron chi connectivity index (χ4n) is 1.39. The highest BCUT2D eigenvalue weighted by Crippen LogP contribution is 2.29. The van der Waals surface area contributed by atoms with E-state index in [-0.39, 0.29) is 6.04 Å². The molecule has 2 aromatic rings. The molecular weight excluding hydrogens is 252 g/mol. The summed E-state index contributed by atoms with van der Waals surface area (Å²) in [6.07, 6.45) is 3.62. The molecule has 17 heavy (non-hydrogen) atoms. The summed E-state index contributed by atoms with van der Waals surface area (Å²) in [5, 5.41) is 8.81. The van der Waals surface area contributed by atoms with Gasteiger partial charge in [-0.3, -0.25) is 0 Å². The number of nitrogens with two attached hydrogens (primary N) is 1. The van der Waals surface area contributed by atoms with Crippen molar-refractivity contribution >= 4 is 23.1 Å².